The van der Waals surface area contributed by atoms with Gasteiger partial charge in [0, 0.05) is 24.3 Å². The van der Waals surface area contributed by atoms with Gasteiger partial charge in [-0.2, -0.15) is 0 Å². The number of hydrogen-bond acceptors (Lipinski definition) is 3. The van der Waals surface area contributed by atoms with Crippen molar-refractivity contribution in [2.24, 2.45) is 5.41 Å². The van der Waals surface area contributed by atoms with Crippen LogP contribution >= 0.6 is 0 Å². The number of methoxy groups -OCH3 is 1. The quantitative estimate of drug-likeness (QED) is 0.877. The van der Waals surface area contributed by atoms with Crippen LogP contribution in [0, 0.1) is 12.3 Å². The molecule has 0 radical (unpaired) electrons. The molecule has 1 amide bonds. The van der Waals surface area contributed by atoms with Crippen LogP contribution in [0.5, 0.6) is 0 Å². The van der Waals surface area contributed by atoms with E-state index in [1.165, 1.54) is 0 Å². The second-order valence-corrected chi connectivity index (χ2v) is 5.09. The standard InChI is InChI=1S/C13H20N2O2/c1-9-6-7-14-11(10(9)8-17-5)15-12(16)13(2,3)4/h6-7H,8H2,1-5H3,(H,14,15,16). The molecule has 0 atom stereocenters. The summed E-state index contributed by atoms with van der Waals surface area (Å²) in [5.41, 5.74) is 1.55. The molecule has 0 unspecified atom stereocenters. The van der Waals surface area contributed by atoms with E-state index in [-0.39, 0.29) is 5.91 Å². The van der Waals surface area contributed by atoms with E-state index in [9.17, 15) is 4.79 Å². The SMILES string of the molecule is COCc1c(C)ccnc1NC(=O)C(C)(C)C. The van der Waals surface area contributed by atoms with Crippen molar-refractivity contribution in [2.75, 3.05) is 12.4 Å². The number of rotatable bonds is 3. The number of ether oxygens (including phenoxy) is 1. The number of nitrogens with zero attached hydrogens (tertiary/aromatic N) is 1. The van der Waals surface area contributed by atoms with Crippen LogP contribution in [0.1, 0.15) is 31.9 Å². The number of carbonyl (C=O) groups excluding carboxylic acids is 1. The Labute approximate surface area is 102 Å². The van der Waals surface area contributed by atoms with E-state index in [2.05, 4.69) is 10.3 Å². The summed E-state index contributed by atoms with van der Waals surface area (Å²) in [6.07, 6.45) is 1.69. The van der Waals surface area contributed by atoms with Gasteiger partial charge in [-0.15, -0.1) is 0 Å². The molecule has 4 nitrogen and oxygen atoms in total. The van der Waals surface area contributed by atoms with E-state index in [1.807, 2.05) is 33.8 Å². The fourth-order valence-electron chi connectivity index (χ4n) is 1.32. The Morgan fingerprint density at radius 3 is 2.65 bits per heavy atom. The molecule has 0 spiro atoms. The third-order valence-corrected chi connectivity index (χ3v) is 2.49. The molecule has 1 heterocycles. The van der Waals surface area contributed by atoms with Crippen LogP contribution in [0.25, 0.3) is 0 Å². The monoisotopic (exact) mass is 236 g/mol. The van der Waals surface area contributed by atoms with Crippen molar-refractivity contribution in [1.29, 1.82) is 0 Å². The highest BCUT2D eigenvalue weighted by Crippen LogP contribution is 2.21. The minimum Gasteiger partial charge on any atom is -0.380 e. The predicted molar refractivity (Wildman–Crippen MR) is 67.8 cm³/mol. The maximum atomic E-state index is 11.9. The lowest BCUT2D eigenvalue weighted by Gasteiger charge is -2.19. The number of pyridine rings is 1. The first-order valence-electron chi connectivity index (χ1n) is 5.61. The highest BCUT2D eigenvalue weighted by molar-refractivity contribution is 5.94. The first-order chi connectivity index (χ1) is 7.86. The average Bonchev–Trinajstić information content (AvgIpc) is 2.21. The van der Waals surface area contributed by atoms with Crippen molar-refractivity contribution in [3.63, 3.8) is 0 Å². The van der Waals surface area contributed by atoms with Gasteiger partial charge in [0.15, 0.2) is 0 Å². The zero-order valence-electron chi connectivity index (χ0n) is 11.1. The molecule has 1 aromatic rings. The largest absolute Gasteiger partial charge is 0.380 e. The molecule has 1 N–H and O–H groups in total. The van der Waals surface area contributed by atoms with Gasteiger partial charge in [-0.05, 0) is 18.6 Å². The Kier molecular flexibility index (Phi) is 4.23. The van der Waals surface area contributed by atoms with E-state index >= 15 is 0 Å². The van der Waals surface area contributed by atoms with Crippen molar-refractivity contribution < 1.29 is 9.53 Å². The molecule has 1 aromatic heterocycles. The molecule has 94 valence electrons. The van der Waals surface area contributed by atoms with E-state index in [4.69, 9.17) is 4.74 Å². The number of amides is 1. The molecular weight excluding hydrogens is 216 g/mol. The molecule has 4 heteroatoms. The van der Waals surface area contributed by atoms with Crippen LogP contribution in [0.3, 0.4) is 0 Å². The summed E-state index contributed by atoms with van der Waals surface area (Å²) in [5, 5.41) is 2.85. The van der Waals surface area contributed by atoms with Gasteiger partial charge < -0.3 is 10.1 Å². The number of nitrogens with one attached hydrogen (secondary N) is 1. The molecule has 0 bridgehead atoms. The van der Waals surface area contributed by atoms with Gasteiger partial charge in [-0.3, -0.25) is 4.79 Å². The molecule has 17 heavy (non-hydrogen) atoms. The predicted octanol–water partition coefficient (Wildman–Crippen LogP) is 2.52. The maximum absolute atomic E-state index is 11.9. The van der Waals surface area contributed by atoms with Gasteiger partial charge in [-0.1, -0.05) is 20.8 Å². The Bertz CT molecular complexity index is 408. The lowest BCUT2D eigenvalue weighted by molar-refractivity contribution is -0.123. The van der Waals surface area contributed by atoms with Crippen molar-refractivity contribution in [1.82, 2.24) is 4.98 Å². The summed E-state index contributed by atoms with van der Waals surface area (Å²) in [6, 6.07) is 1.90. The lowest BCUT2D eigenvalue weighted by atomic mass is 9.95. The van der Waals surface area contributed by atoms with Gasteiger partial charge in [0.1, 0.15) is 5.82 Å². The van der Waals surface area contributed by atoms with E-state index < -0.39 is 5.41 Å². The number of carbonyl (C=O) groups is 1. The Morgan fingerprint density at radius 1 is 1.47 bits per heavy atom. The summed E-state index contributed by atoms with van der Waals surface area (Å²) in [6.45, 7) is 8.03. The van der Waals surface area contributed by atoms with Crippen LogP contribution in [0.4, 0.5) is 5.82 Å². The third kappa shape index (κ3) is 3.53. The summed E-state index contributed by atoms with van der Waals surface area (Å²) in [5.74, 6) is 0.541. The Morgan fingerprint density at radius 2 is 2.12 bits per heavy atom. The van der Waals surface area contributed by atoms with E-state index in [1.54, 1.807) is 13.3 Å². The van der Waals surface area contributed by atoms with Crippen molar-refractivity contribution in [3.8, 4) is 0 Å². The number of anilines is 1. The van der Waals surface area contributed by atoms with Gasteiger partial charge in [0.05, 0.1) is 6.61 Å². The third-order valence-electron chi connectivity index (χ3n) is 2.49. The molecule has 0 saturated heterocycles. The maximum Gasteiger partial charge on any atom is 0.230 e. The average molecular weight is 236 g/mol. The number of aromatic nitrogens is 1. The highest BCUT2D eigenvalue weighted by Gasteiger charge is 2.22. The summed E-state index contributed by atoms with van der Waals surface area (Å²) < 4.78 is 5.13. The first-order valence-corrected chi connectivity index (χ1v) is 5.61. The molecule has 0 aromatic carbocycles. The molecular formula is C13H20N2O2. The minimum atomic E-state index is -0.435. The van der Waals surface area contributed by atoms with Gasteiger partial charge in [-0.25, -0.2) is 4.98 Å². The second kappa shape index (κ2) is 5.27. The van der Waals surface area contributed by atoms with E-state index in [0.29, 0.717) is 12.4 Å². The summed E-state index contributed by atoms with van der Waals surface area (Å²) in [4.78, 5) is 16.1. The van der Waals surface area contributed by atoms with Gasteiger partial charge >= 0.3 is 0 Å². The van der Waals surface area contributed by atoms with Gasteiger partial charge in [0.25, 0.3) is 0 Å². The summed E-state index contributed by atoms with van der Waals surface area (Å²) >= 11 is 0. The van der Waals surface area contributed by atoms with Gasteiger partial charge in [0.2, 0.25) is 5.91 Å². The topological polar surface area (TPSA) is 51.2 Å². The fourth-order valence-corrected chi connectivity index (χ4v) is 1.32. The second-order valence-electron chi connectivity index (χ2n) is 5.09. The molecule has 1 rings (SSSR count). The molecule has 0 aliphatic heterocycles. The lowest BCUT2D eigenvalue weighted by Crippen LogP contribution is -2.28. The summed E-state index contributed by atoms with van der Waals surface area (Å²) in [7, 11) is 1.63. The van der Waals surface area contributed by atoms with Crippen molar-refractivity contribution >= 4 is 11.7 Å². The highest BCUT2D eigenvalue weighted by atomic mass is 16.5. The van der Waals surface area contributed by atoms with Crippen LogP contribution in [0.2, 0.25) is 0 Å². The first kappa shape index (κ1) is 13.6. The smallest absolute Gasteiger partial charge is 0.230 e. The van der Waals surface area contributed by atoms with E-state index in [0.717, 1.165) is 11.1 Å². The minimum absolute atomic E-state index is 0.0482. The Balaban J connectivity index is 2.98. The zero-order chi connectivity index (χ0) is 13.1. The van der Waals surface area contributed by atoms with Crippen LogP contribution < -0.4 is 5.32 Å². The molecule has 0 saturated carbocycles. The van der Waals surface area contributed by atoms with Crippen molar-refractivity contribution in [3.05, 3.63) is 23.4 Å². The van der Waals surface area contributed by atoms with Crippen LogP contribution in [-0.4, -0.2) is 18.0 Å². The van der Waals surface area contributed by atoms with Crippen LogP contribution in [-0.2, 0) is 16.1 Å². The number of aryl methyl sites for hydroxylation is 1. The molecule has 0 aliphatic rings. The number of hydrogen-bond donors (Lipinski definition) is 1. The van der Waals surface area contributed by atoms with Crippen LogP contribution in [0.15, 0.2) is 12.3 Å². The Hall–Kier alpha value is -1.42. The normalized spacial score (nSPS) is 11.4. The molecule has 0 fully saturated rings. The fraction of sp³-hybridized carbons (Fsp3) is 0.538. The van der Waals surface area contributed by atoms with Crippen molar-refractivity contribution in [2.45, 2.75) is 34.3 Å². The zero-order valence-corrected chi connectivity index (χ0v) is 11.1. The molecule has 0 aliphatic carbocycles.